The van der Waals surface area contributed by atoms with E-state index in [4.69, 9.17) is 9.47 Å². The third-order valence-corrected chi connectivity index (χ3v) is 6.10. The SMILES string of the molecule is CCOc1ccccc1C(=O)NC(C(=O)OCC(=O)c1ccc2c(c1)-c1ccccc1C2)C(C)C. The van der Waals surface area contributed by atoms with Crippen molar-refractivity contribution in [2.24, 2.45) is 5.92 Å². The Kier molecular flexibility index (Phi) is 7.30. The predicted octanol–water partition coefficient (Wildman–Crippen LogP) is 4.84. The number of fused-ring (bicyclic) bond motifs is 3. The van der Waals surface area contributed by atoms with E-state index in [1.54, 1.807) is 44.2 Å². The number of carbonyl (C=O) groups is 3. The third kappa shape index (κ3) is 5.27. The fourth-order valence-electron chi connectivity index (χ4n) is 4.26. The van der Waals surface area contributed by atoms with Gasteiger partial charge in [0.2, 0.25) is 0 Å². The molecular weight excluding hydrogens is 442 g/mol. The third-order valence-electron chi connectivity index (χ3n) is 6.10. The highest BCUT2D eigenvalue weighted by Gasteiger charge is 2.28. The highest BCUT2D eigenvalue weighted by molar-refractivity contribution is 6.01. The van der Waals surface area contributed by atoms with E-state index in [9.17, 15) is 14.4 Å². The molecule has 0 bridgehead atoms. The fraction of sp³-hybridized carbons (Fsp3) is 0.276. The minimum absolute atomic E-state index is 0.239. The number of hydrogen-bond donors (Lipinski definition) is 1. The number of esters is 1. The predicted molar refractivity (Wildman–Crippen MR) is 134 cm³/mol. The molecule has 1 amide bonds. The Bertz CT molecular complexity index is 1260. The number of hydrogen-bond acceptors (Lipinski definition) is 5. The van der Waals surface area contributed by atoms with Gasteiger partial charge in [-0.05, 0) is 59.7 Å². The van der Waals surface area contributed by atoms with Gasteiger partial charge in [-0.25, -0.2) is 4.79 Å². The van der Waals surface area contributed by atoms with E-state index in [1.165, 1.54) is 11.1 Å². The van der Waals surface area contributed by atoms with Crippen LogP contribution in [0, 0.1) is 5.92 Å². The van der Waals surface area contributed by atoms with E-state index >= 15 is 0 Å². The lowest BCUT2D eigenvalue weighted by molar-refractivity contribution is -0.145. The molecule has 1 unspecified atom stereocenters. The van der Waals surface area contributed by atoms with Crippen molar-refractivity contribution in [2.45, 2.75) is 33.2 Å². The zero-order valence-electron chi connectivity index (χ0n) is 20.2. The van der Waals surface area contributed by atoms with Crippen molar-refractivity contribution in [3.8, 4) is 16.9 Å². The Morgan fingerprint density at radius 1 is 0.914 bits per heavy atom. The molecule has 6 nitrogen and oxygen atoms in total. The van der Waals surface area contributed by atoms with Crippen LogP contribution in [0.3, 0.4) is 0 Å². The highest BCUT2D eigenvalue weighted by Crippen LogP contribution is 2.36. The minimum Gasteiger partial charge on any atom is -0.493 e. The molecule has 3 aromatic carbocycles. The van der Waals surface area contributed by atoms with Gasteiger partial charge in [-0.2, -0.15) is 0 Å². The summed E-state index contributed by atoms with van der Waals surface area (Å²) in [5, 5.41) is 2.74. The van der Waals surface area contributed by atoms with E-state index in [1.807, 2.05) is 31.2 Å². The van der Waals surface area contributed by atoms with Crippen LogP contribution in [-0.2, 0) is 16.0 Å². The summed E-state index contributed by atoms with van der Waals surface area (Å²) < 4.78 is 10.9. The fourth-order valence-corrected chi connectivity index (χ4v) is 4.26. The van der Waals surface area contributed by atoms with Crippen LogP contribution in [0.2, 0.25) is 0 Å². The van der Waals surface area contributed by atoms with Crippen LogP contribution in [0.1, 0.15) is 52.6 Å². The maximum atomic E-state index is 12.9. The number of benzene rings is 3. The van der Waals surface area contributed by atoms with Crippen molar-refractivity contribution in [3.63, 3.8) is 0 Å². The first-order valence-electron chi connectivity index (χ1n) is 11.8. The monoisotopic (exact) mass is 471 g/mol. The lowest BCUT2D eigenvalue weighted by atomic mass is 10.0. The van der Waals surface area contributed by atoms with E-state index < -0.39 is 24.5 Å². The zero-order valence-corrected chi connectivity index (χ0v) is 20.2. The molecule has 1 N–H and O–H groups in total. The van der Waals surface area contributed by atoms with Gasteiger partial charge in [0.05, 0.1) is 12.2 Å². The quantitative estimate of drug-likeness (QED) is 0.279. The molecule has 1 aliphatic carbocycles. The number of amides is 1. The molecular formula is C29H29NO5. The van der Waals surface area contributed by atoms with Gasteiger partial charge in [0.15, 0.2) is 12.4 Å². The lowest BCUT2D eigenvalue weighted by Crippen LogP contribution is -2.45. The standard InChI is InChI=1S/C29H29NO5/c1-4-34-26-12-8-7-11-23(26)28(32)30-27(18(2)3)29(33)35-17-25(31)21-14-13-20-15-19-9-5-6-10-22(19)24(20)16-21/h5-14,16,18,27H,4,15,17H2,1-3H3,(H,30,32). The zero-order chi connectivity index (χ0) is 24.9. The topological polar surface area (TPSA) is 81.7 Å². The number of nitrogens with one attached hydrogen (secondary N) is 1. The van der Waals surface area contributed by atoms with Gasteiger partial charge < -0.3 is 14.8 Å². The molecule has 0 fully saturated rings. The molecule has 0 spiro atoms. The van der Waals surface area contributed by atoms with Gasteiger partial charge in [0.25, 0.3) is 5.91 Å². The van der Waals surface area contributed by atoms with Gasteiger partial charge in [-0.1, -0.05) is 62.4 Å². The second kappa shape index (κ2) is 10.6. The van der Waals surface area contributed by atoms with Gasteiger partial charge in [0.1, 0.15) is 11.8 Å². The molecule has 35 heavy (non-hydrogen) atoms. The summed E-state index contributed by atoms with van der Waals surface area (Å²) in [5.41, 5.74) is 5.41. The molecule has 180 valence electrons. The maximum Gasteiger partial charge on any atom is 0.329 e. The van der Waals surface area contributed by atoms with Crippen molar-refractivity contribution in [1.29, 1.82) is 0 Å². The van der Waals surface area contributed by atoms with Crippen molar-refractivity contribution in [2.75, 3.05) is 13.2 Å². The largest absolute Gasteiger partial charge is 0.493 e. The summed E-state index contributed by atoms with van der Waals surface area (Å²) in [5.74, 6) is -1.18. The number of carbonyl (C=O) groups excluding carboxylic acids is 3. The first-order valence-corrected chi connectivity index (χ1v) is 11.8. The second-order valence-electron chi connectivity index (χ2n) is 8.86. The maximum absolute atomic E-state index is 12.9. The van der Waals surface area contributed by atoms with Gasteiger partial charge in [0, 0.05) is 5.56 Å². The van der Waals surface area contributed by atoms with Gasteiger partial charge in [-0.3, -0.25) is 9.59 Å². The van der Waals surface area contributed by atoms with Crippen LogP contribution >= 0.6 is 0 Å². The lowest BCUT2D eigenvalue weighted by Gasteiger charge is -2.21. The average Bonchev–Trinajstić information content (AvgIpc) is 3.23. The van der Waals surface area contributed by atoms with E-state index in [-0.39, 0.29) is 11.7 Å². The summed E-state index contributed by atoms with van der Waals surface area (Å²) in [6.45, 7) is 5.46. The number of para-hydroxylation sites is 1. The first-order chi connectivity index (χ1) is 16.9. The molecule has 3 aromatic rings. The van der Waals surface area contributed by atoms with Crippen molar-refractivity contribution >= 4 is 17.7 Å². The first kappa shape index (κ1) is 24.2. The molecule has 0 saturated heterocycles. The van der Waals surface area contributed by atoms with Crippen LogP contribution in [0.4, 0.5) is 0 Å². The summed E-state index contributed by atoms with van der Waals surface area (Å²) in [7, 11) is 0. The Morgan fingerprint density at radius 2 is 1.63 bits per heavy atom. The van der Waals surface area contributed by atoms with Gasteiger partial charge >= 0.3 is 5.97 Å². The molecule has 1 atom stereocenters. The van der Waals surface area contributed by atoms with Crippen LogP contribution in [-0.4, -0.2) is 36.9 Å². The molecule has 1 aliphatic rings. The smallest absolute Gasteiger partial charge is 0.329 e. The molecule has 0 saturated carbocycles. The average molecular weight is 472 g/mol. The van der Waals surface area contributed by atoms with Crippen LogP contribution < -0.4 is 10.1 Å². The van der Waals surface area contributed by atoms with E-state index in [2.05, 4.69) is 17.4 Å². The minimum atomic E-state index is -0.906. The highest BCUT2D eigenvalue weighted by atomic mass is 16.5. The Morgan fingerprint density at radius 3 is 2.40 bits per heavy atom. The van der Waals surface area contributed by atoms with Gasteiger partial charge in [-0.15, -0.1) is 0 Å². The molecule has 0 radical (unpaired) electrons. The van der Waals surface area contributed by atoms with Crippen LogP contribution in [0.25, 0.3) is 11.1 Å². The van der Waals surface area contributed by atoms with Crippen LogP contribution in [0.5, 0.6) is 5.75 Å². The molecule has 0 aromatic heterocycles. The molecule has 0 heterocycles. The summed E-state index contributed by atoms with van der Waals surface area (Å²) in [4.78, 5) is 38.5. The number of ketones is 1. The second-order valence-corrected chi connectivity index (χ2v) is 8.86. The molecule has 0 aliphatic heterocycles. The molecule has 4 rings (SSSR count). The Balaban J connectivity index is 1.42. The number of Topliss-reactive ketones (excluding diaryl/α,β-unsaturated/α-hetero) is 1. The van der Waals surface area contributed by atoms with Crippen molar-refractivity contribution in [3.05, 3.63) is 89.0 Å². The van der Waals surface area contributed by atoms with E-state index in [0.717, 1.165) is 17.5 Å². The van der Waals surface area contributed by atoms with Crippen molar-refractivity contribution in [1.82, 2.24) is 5.32 Å². The van der Waals surface area contributed by atoms with Crippen molar-refractivity contribution < 1.29 is 23.9 Å². The number of ether oxygens (including phenoxy) is 2. The summed E-state index contributed by atoms with van der Waals surface area (Å²) >= 11 is 0. The Labute approximate surface area is 205 Å². The van der Waals surface area contributed by atoms with E-state index in [0.29, 0.717) is 23.5 Å². The van der Waals surface area contributed by atoms with Crippen LogP contribution in [0.15, 0.2) is 66.7 Å². The Hall–Kier alpha value is -3.93. The summed E-state index contributed by atoms with van der Waals surface area (Å²) in [6.07, 6.45) is 0.844. The molecule has 6 heteroatoms. The normalized spacial score (nSPS) is 12.5. The summed E-state index contributed by atoms with van der Waals surface area (Å²) in [6, 6.07) is 19.7. The number of rotatable bonds is 9.